The summed E-state index contributed by atoms with van der Waals surface area (Å²) in [7, 11) is 0. The van der Waals surface area contributed by atoms with Crippen molar-refractivity contribution in [1.82, 2.24) is 14.7 Å². The number of benzene rings is 2. The van der Waals surface area contributed by atoms with Gasteiger partial charge in [0.2, 0.25) is 0 Å². The number of piperidine rings is 1. The molecule has 2 unspecified atom stereocenters. The van der Waals surface area contributed by atoms with E-state index in [1.54, 1.807) is 17.7 Å². The van der Waals surface area contributed by atoms with Crippen LogP contribution in [0.15, 0.2) is 54.6 Å². The summed E-state index contributed by atoms with van der Waals surface area (Å²) in [5, 5.41) is 4.55. The van der Waals surface area contributed by atoms with Crippen LogP contribution in [0.25, 0.3) is 16.9 Å². The Hall–Kier alpha value is -3.41. The molecule has 0 saturated carbocycles. The van der Waals surface area contributed by atoms with E-state index in [2.05, 4.69) is 18.9 Å². The zero-order valence-corrected chi connectivity index (χ0v) is 19.7. The van der Waals surface area contributed by atoms with Gasteiger partial charge in [-0.05, 0) is 68.0 Å². The maximum absolute atomic E-state index is 13.1. The molecule has 172 valence electrons. The number of esters is 1. The molecule has 2 aromatic carbocycles. The van der Waals surface area contributed by atoms with Crippen molar-refractivity contribution in [2.45, 2.75) is 34.1 Å². The zero-order chi connectivity index (χ0) is 23.5. The summed E-state index contributed by atoms with van der Waals surface area (Å²) in [4.78, 5) is 27.4. The Bertz CT molecular complexity index is 1140. The normalized spacial score (nSPS) is 18.2. The lowest BCUT2D eigenvalue weighted by atomic mass is 9.91. The molecule has 2 heterocycles. The van der Waals surface area contributed by atoms with E-state index >= 15 is 0 Å². The molecule has 0 aliphatic carbocycles. The van der Waals surface area contributed by atoms with Gasteiger partial charge in [-0.25, -0.2) is 9.48 Å². The van der Waals surface area contributed by atoms with Crippen LogP contribution in [0.4, 0.5) is 0 Å². The van der Waals surface area contributed by atoms with E-state index in [4.69, 9.17) is 4.74 Å². The van der Waals surface area contributed by atoms with E-state index in [0.29, 0.717) is 17.4 Å². The van der Waals surface area contributed by atoms with Crippen molar-refractivity contribution in [2.24, 2.45) is 11.8 Å². The zero-order valence-electron chi connectivity index (χ0n) is 19.7. The lowest BCUT2D eigenvalue weighted by Gasteiger charge is -2.35. The number of aromatic nitrogens is 2. The van der Waals surface area contributed by atoms with E-state index in [1.807, 2.05) is 60.4 Å². The lowest BCUT2D eigenvalue weighted by molar-refractivity contribution is 0.0518. The van der Waals surface area contributed by atoms with Gasteiger partial charge in [0, 0.05) is 24.2 Å². The number of nitrogens with zero attached hydrogens (tertiary/aromatic N) is 3. The number of hydrogen-bond donors (Lipinski definition) is 0. The first kappa shape index (κ1) is 22.8. The van der Waals surface area contributed by atoms with Crippen LogP contribution in [-0.2, 0) is 4.74 Å². The predicted molar refractivity (Wildman–Crippen MR) is 129 cm³/mol. The summed E-state index contributed by atoms with van der Waals surface area (Å²) >= 11 is 0. The van der Waals surface area contributed by atoms with E-state index in [9.17, 15) is 9.59 Å². The second kappa shape index (κ2) is 9.61. The highest BCUT2D eigenvalue weighted by molar-refractivity contribution is 5.94. The molecule has 1 aromatic heterocycles. The van der Waals surface area contributed by atoms with Crippen molar-refractivity contribution in [3.8, 4) is 16.9 Å². The van der Waals surface area contributed by atoms with Gasteiger partial charge in [0.1, 0.15) is 0 Å². The van der Waals surface area contributed by atoms with Crippen molar-refractivity contribution in [1.29, 1.82) is 0 Å². The fourth-order valence-corrected chi connectivity index (χ4v) is 4.69. The third-order valence-corrected chi connectivity index (χ3v) is 6.13. The van der Waals surface area contributed by atoms with Gasteiger partial charge >= 0.3 is 5.97 Å². The largest absolute Gasteiger partial charge is 0.461 e. The monoisotopic (exact) mass is 445 g/mol. The molecule has 0 bridgehead atoms. The van der Waals surface area contributed by atoms with E-state index in [1.165, 1.54) is 0 Å². The quantitative estimate of drug-likeness (QED) is 0.510. The van der Waals surface area contributed by atoms with Crippen molar-refractivity contribution in [3.63, 3.8) is 0 Å². The Kier molecular flexibility index (Phi) is 6.63. The highest BCUT2D eigenvalue weighted by Crippen LogP contribution is 2.28. The molecular weight excluding hydrogens is 414 g/mol. The molecule has 1 fully saturated rings. The first-order valence-electron chi connectivity index (χ1n) is 11.6. The van der Waals surface area contributed by atoms with E-state index < -0.39 is 5.97 Å². The van der Waals surface area contributed by atoms with Crippen LogP contribution < -0.4 is 0 Å². The Morgan fingerprint density at radius 2 is 1.70 bits per heavy atom. The Morgan fingerprint density at radius 3 is 2.33 bits per heavy atom. The maximum Gasteiger partial charge on any atom is 0.358 e. The second-order valence-corrected chi connectivity index (χ2v) is 9.07. The number of aryl methyl sites for hydroxylation is 1. The van der Waals surface area contributed by atoms with Crippen LogP contribution in [0, 0.1) is 18.8 Å². The van der Waals surface area contributed by atoms with Crippen LogP contribution in [0.5, 0.6) is 0 Å². The molecule has 0 radical (unpaired) electrons. The number of rotatable bonds is 5. The minimum Gasteiger partial charge on any atom is -0.461 e. The Morgan fingerprint density at radius 1 is 1.03 bits per heavy atom. The number of carbonyl (C=O) groups is 2. The fourth-order valence-electron chi connectivity index (χ4n) is 4.69. The van der Waals surface area contributed by atoms with Crippen molar-refractivity contribution < 1.29 is 14.3 Å². The third-order valence-electron chi connectivity index (χ3n) is 6.13. The average Bonchev–Trinajstić information content (AvgIpc) is 3.24. The minimum absolute atomic E-state index is 0.0618. The molecule has 1 aliphatic rings. The second-order valence-electron chi connectivity index (χ2n) is 9.07. The predicted octanol–water partition coefficient (Wildman–Crippen LogP) is 5.14. The van der Waals surface area contributed by atoms with Gasteiger partial charge in [0.25, 0.3) is 5.91 Å². The minimum atomic E-state index is -0.453. The van der Waals surface area contributed by atoms with Crippen LogP contribution in [0.1, 0.15) is 53.6 Å². The van der Waals surface area contributed by atoms with E-state index in [-0.39, 0.29) is 18.2 Å². The van der Waals surface area contributed by atoms with Gasteiger partial charge in [-0.1, -0.05) is 38.1 Å². The Labute approximate surface area is 195 Å². The standard InChI is InChI=1S/C27H31N3O3/c1-5-33-27(32)24-15-25(23-9-7-6-8-20(23)4)30(28-24)22-12-10-21(11-13-22)26(31)29-16-18(2)14-19(3)17-29/h6-13,15,18-19H,5,14,16-17H2,1-4H3. The molecule has 0 N–H and O–H groups in total. The van der Waals surface area contributed by atoms with Crippen LogP contribution in [0.2, 0.25) is 0 Å². The summed E-state index contributed by atoms with van der Waals surface area (Å²) < 4.78 is 6.91. The van der Waals surface area contributed by atoms with Crippen molar-refractivity contribution >= 4 is 11.9 Å². The number of ether oxygens (including phenoxy) is 1. The molecule has 3 aromatic rings. The molecule has 6 heteroatoms. The third kappa shape index (κ3) is 4.85. The van der Waals surface area contributed by atoms with Gasteiger partial charge < -0.3 is 9.64 Å². The van der Waals surface area contributed by atoms with Gasteiger partial charge in [0.05, 0.1) is 18.0 Å². The topological polar surface area (TPSA) is 64.4 Å². The maximum atomic E-state index is 13.1. The van der Waals surface area contributed by atoms with Gasteiger partial charge in [0.15, 0.2) is 5.69 Å². The summed E-state index contributed by atoms with van der Waals surface area (Å²) in [6.07, 6.45) is 1.16. The van der Waals surface area contributed by atoms with Crippen LogP contribution >= 0.6 is 0 Å². The molecule has 1 saturated heterocycles. The first-order valence-corrected chi connectivity index (χ1v) is 11.6. The number of carbonyl (C=O) groups excluding carboxylic acids is 2. The molecule has 6 nitrogen and oxygen atoms in total. The average molecular weight is 446 g/mol. The molecular formula is C27H31N3O3. The smallest absolute Gasteiger partial charge is 0.358 e. The molecule has 0 spiro atoms. The van der Waals surface area contributed by atoms with Crippen LogP contribution in [-0.4, -0.2) is 46.3 Å². The summed E-state index contributed by atoms with van der Waals surface area (Å²) in [6, 6.07) is 17.2. The molecule has 1 aliphatic heterocycles. The van der Waals surface area contributed by atoms with Gasteiger partial charge in [-0.15, -0.1) is 0 Å². The molecule has 33 heavy (non-hydrogen) atoms. The Balaban J connectivity index is 1.68. The number of hydrogen-bond acceptors (Lipinski definition) is 4. The van der Waals surface area contributed by atoms with Gasteiger partial charge in [-0.3, -0.25) is 4.79 Å². The van der Waals surface area contributed by atoms with Crippen LogP contribution in [0.3, 0.4) is 0 Å². The highest BCUT2D eigenvalue weighted by Gasteiger charge is 2.26. The molecule has 4 rings (SSSR count). The van der Waals surface area contributed by atoms with E-state index in [0.717, 1.165) is 42.0 Å². The number of amides is 1. The van der Waals surface area contributed by atoms with Crippen molar-refractivity contribution in [2.75, 3.05) is 19.7 Å². The number of likely N-dealkylation sites (tertiary alicyclic amines) is 1. The summed E-state index contributed by atoms with van der Waals surface area (Å²) in [5.41, 5.74) is 4.56. The lowest BCUT2D eigenvalue weighted by Crippen LogP contribution is -2.42. The van der Waals surface area contributed by atoms with Gasteiger partial charge in [-0.2, -0.15) is 5.10 Å². The first-order chi connectivity index (χ1) is 15.9. The molecule has 1 amide bonds. The molecule has 2 atom stereocenters. The SMILES string of the molecule is CCOC(=O)c1cc(-c2ccccc2C)n(-c2ccc(C(=O)N3CC(C)CC(C)C3)cc2)n1. The van der Waals surface area contributed by atoms with Crippen molar-refractivity contribution in [3.05, 3.63) is 71.4 Å². The highest BCUT2D eigenvalue weighted by atomic mass is 16.5. The summed E-state index contributed by atoms with van der Waals surface area (Å²) in [6.45, 7) is 10.1. The summed E-state index contributed by atoms with van der Waals surface area (Å²) in [5.74, 6) is 0.635. The fraction of sp³-hybridized carbons (Fsp3) is 0.370.